The average molecular weight is 365 g/mol. The molecule has 2 aromatic heterocycles. The monoisotopic (exact) mass is 364 g/mol. The maximum atomic E-state index is 13.0. The molecule has 24 heavy (non-hydrogen) atoms. The largest absolute Gasteiger partial charge is 0.298 e. The van der Waals surface area contributed by atoms with Gasteiger partial charge in [-0.2, -0.15) is 0 Å². The molecule has 0 saturated heterocycles. The van der Waals surface area contributed by atoms with Crippen molar-refractivity contribution in [2.45, 2.75) is 65.1 Å². The Morgan fingerprint density at radius 3 is 2.75 bits per heavy atom. The predicted octanol–water partition coefficient (Wildman–Crippen LogP) is 4.06. The number of thiophene rings is 1. The van der Waals surface area contributed by atoms with Crippen molar-refractivity contribution in [2.75, 3.05) is 5.75 Å². The first-order chi connectivity index (χ1) is 11.3. The second-order valence-electron chi connectivity index (χ2n) is 7.35. The van der Waals surface area contributed by atoms with Gasteiger partial charge in [-0.05, 0) is 31.2 Å². The number of aromatic nitrogens is 2. The van der Waals surface area contributed by atoms with Crippen LogP contribution in [0.2, 0.25) is 0 Å². The first kappa shape index (κ1) is 17.7. The molecule has 2 aromatic rings. The summed E-state index contributed by atoms with van der Waals surface area (Å²) in [6, 6.07) is 0. The van der Waals surface area contributed by atoms with Gasteiger partial charge in [-0.15, -0.1) is 11.3 Å². The maximum absolute atomic E-state index is 13.0. The normalized spacial score (nSPS) is 14.3. The first-order valence-corrected chi connectivity index (χ1v) is 10.3. The molecule has 0 N–H and O–H groups in total. The van der Waals surface area contributed by atoms with Crippen molar-refractivity contribution in [3.8, 4) is 0 Å². The minimum atomic E-state index is -0.364. The number of carbonyl (C=O) groups is 1. The fourth-order valence-electron chi connectivity index (χ4n) is 2.94. The molecule has 0 amide bonds. The number of nitrogens with zero attached hydrogens (tertiary/aromatic N) is 2. The molecular weight excluding hydrogens is 340 g/mol. The summed E-state index contributed by atoms with van der Waals surface area (Å²) in [5.41, 5.74) is 0.934. The molecule has 0 aliphatic heterocycles. The Morgan fingerprint density at radius 1 is 1.33 bits per heavy atom. The maximum Gasteiger partial charge on any atom is 0.263 e. The van der Waals surface area contributed by atoms with Crippen molar-refractivity contribution in [1.29, 1.82) is 0 Å². The molecule has 130 valence electrons. The van der Waals surface area contributed by atoms with Crippen molar-refractivity contribution in [2.24, 2.45) is 5.41 Å². The van der Waals surface area contributed by atoms with E-state index in [1.54, 1.807) is 15.9 Å². The molecule has 0 bridgehead atoms. The summed E-state index contributed by atoms with van der Waals surface area (Å²) in [7, 11) is 0. The highest BCUT2D eigenvalue weighted by Gasteiger charge is 2.25. The van der Waals surface area contributed by atoms with Gasteiger partial charge in [0.1, 0.15) is 10.6 Å². The van der Waals surface area contributed by atoms with Gasteiger partial charge in [0.15, 0.2) is 5.16 Å². The quantitative estimate of drug-likeness (QED) is 0.593. The summed E-state index contributed by atoms with van der Waals surface area (Å²) in [5.74, 6) is 0.537. The summed E-state index contributed by atoms with van der Waals surface area (Å²) < 4.78 is 1.77. The number of aryl methyl sites for hydroxylation is 2. The second-order valence-corrected chi connectivity index (χ2v) is 9.38. The van der Waals surface area contributed by atoms with Gasteiger partial charge >= 0.3 is 0 Å². The molecule has 2 heterocycles. The molecular formula is C18H24N2O2S2. The van der Waals surface area contributed by atoms with E-state index in [9.17, 15) is 9.59 Å². The van der Waals surface area contributed by atoms with Crippen LogP contribution in [0.4, 0.5) is 0 Å². The summed E-state index contributed by atoms with van der Waals surface area (Å²) in [6.07, 6.45) is 4.07. The minimum Gasteiger partial charge on any atom is -0.298 e. The smallest absolute Gasteiger partial charge is 0.263 e. The summed E-state index contributed by atoms with van der Waals surface area (Å²) in [5, 5.41) is 1.51. The molecule has 0 radical (unpaired) electrons. The topological polar surface area (TPSA) is 52.0 Å². The van der Waals surface area contributed by atoms with Crippen LogP contribution in [0.25, 0.3) is 10.2 Å². The van der Waals surface area contributed by atoms with E-state index in [0.717, 1.165) is 35.9 Å². The van der Waals surface area contributed by atoms with E-state index in [2.05, 4.69) is 6.92 Å². The highest BCUT2D eigenvalue weighted by molar-refractivity contribution is 7.99. The second kappa shape index (κ2) is 6.64. The van der Waals surface area contributed by atoms with E-state index in [1.165, 1.54) is 22.2 Å². The molecule has 0 aromatic carbocycles. The highest BCUT2D eigenvalue weighted by atomic mass is 32.2. The SMILES string of the molecule is CCCn1c(SCC(=O)C(C)(C)C)nc2sc3c(c2c1=O)CCC3. The third kappa shape index (κ3) is 3.18. The molecule has 0 atom stereocenters. The zero-order valence-electron chi connectivity index (χ0n) is 14.8. The van der Waals surface area contributed by atoms with Gasteiger partial charge in [0.2, 0.25) is 0 Å². The van der Waals surface area contributed by atoms with Gasteiger partial charge < -0.3 is 0 Å². The summed E-state index contributed by atoms with van der Waals surface area (Å²) in [4.78, 5) is 32.2. The van der Waals surface area contributed by atoms with Gasteiger partial charge in [-0.25, -0.2) is 4.98 Å². The lowest BCUT2D eigenvalue weighted by atomic mass is 9.92. The average Bonchev–Trinajstić information content (AvgIpc) is 3.07. The van der Waals surface area contributed by atoms with Crippen LogP contribution in [-0.2, 0) is 24.2 Å². The Bertz CT molecular complexity index is 843. The third-order valence-corrected chi connectivity index (χ3v) is 6.57. The van der Waals surface area contributed by atoms with Gasteiger partial charge in [-0.1, -0.05) is 39.5 Å². The van der Waals surface area contributed by atoms with Gasteiger partial charge in [-0.3, -0.25) is 14.2 Å². The van der Waals surface area contributed by atoms with E-state index in [1.807, 2.05) is 20.8 Å². The van der Waals surface area contributed by atoms with E-state index in [-0.39, 0.29) is 16.8 Å². The lowest BCUT2D eigenvalue weighted by molar-refractivity contribution is -0.123. The van der Waals surface area contributed by atoms with Crippen LogP contribution in [0.15, 0.2) is 9.95 Å². The van der Waals surface area contributed by atoms with Crippen LogP contribution in [-0.4, -0.2) is 21.1 Å². The molecule has 0 fully saturated rings. The molecule has 1 aliphatic carbocycles. The summed E-state index contributed by atoms with van der Waals surface area (Å²) >= 11 is 3.06. The van der Waals surface area contributed by atoms with E-state index in [4.69, 9.17) is 4.98 Å². The molecule has 0 spiro atoms. The van der Waals surface area contributed by atoms with Crippen molar-refractivity contribution < 1.29 is 4.79 Å². The molecule has 3 rings (SSSR count). The molecule has 1 aliphatic rings. The first-order valence-electron chi connectivity index (χ1n) is 8.54. The number of Topliss-reactive ketones (excluding diaryl/α,β-unsaturated/α-hetero) is 1. The van der Waals surface area contributed by atoms with E-state index < -0.39 is 0 Å². The Balaban J connectivity index is 2.02. The lowest BCUT2D eigenvalue weighted by Crippen LogP contribution is -2.25. The Kier molecular flexibility index (Phi) is 4.89. The standard InChI is InChI=1S/C18H24N2O2S2/c1-5-9-20-16(22)14-11-7-6-8-12(11)24-15(14)19-17(20)23-10-13(21)18(2,3)4/h5-10H2,1-4H3. The number of rotatable bonds is 5. The fraction of sp³-hybridized carbons (Fsp3) is 0.611. The number of fused-ring (bicyclic) bond motifs is 3. The van der Waals surface area contributed by atoms with Crippen molar-refractivity contribution in [1.82, 2.24) is 9.55 Å². The zero-order chi connectivity index (χ0) is 17.5. The zero-order valence-corrected chi connectivity index (χ0v) is 16.4. The van der Waals surface area contributed by atoms with Crippen molar-refractivity contribution in [3.05, 3.63) is 20.8 Å². The number of hydrogen-bond donors (Lipinski definition) is 0. The highest BCUT2D eigenvalue weighted by Crippen LogP contribution is 2.35. The Morgan fingerprint density at radius 2 is 2.08 bits per heavy atom. The minimum absolute atomic E-state index is 0.0759. The number of carbonyl (C=O) groups excluding carboxylic acids is 1. The van der Waals surface area contributed by atoms with Crippen LogP contribution in [0, 0.1) is 5.41 Å². The summed E-state index contributed by atoms with van der Waals surface area (Å²) in [6.45, 7) is 8.49. The van der Waals surface area contributed by atoms with Gasteiger partial charge in [0.05, 0.1) is 11.1 Å². The Labute approximate surface area is 150 Å². The van der Waals surface area contributed by atoms with Crippen LogP contribution in [0.3, 0.4) is 0 Å². The molecule has 0 saturated carbocycles. The molecule has 6 heteroatoms. The van der Waals surface area contributed by atoms with E-state index in [0.29, 0.717) is 17.5 Å². The Hall–Kier alpha value is -1.14. The van der Waals surface area contributed by atoms with Crippen LogP contribution < -0.4 is 5.56 Å². The number of thioether (sulfide) groups is 1. The lowest BCUT2D eigenvalue weighted by Gasteiger charge is -2.17. The predicted molar refractivity (Wildman–Crippen MR) is 101 cm³/mol. The number of hydrogen-bond acceptors (Lipinski definition) is 5. The fourth-order valence-corrected chi connectivity index (χ4v) is 5.42. The third-order valence-electron chi connectivity index (χ3n) is 4.41. The van der Waals surface area contributed by atoms with E-state index >= 15 is 0 Å². The van der Waals surface area contributed by atoms with Gasteiger partial charge in [0.25, 0.3) is 5.56 Å². The van der Waals surface area contributed by atoms with Crippen molar-refractivity contribution >= 4 is 39.1 Å². The van der Waals surface area contributed by atoms with Crippen LogP contribution >= 0.6 is 23.1 Å². The number of ketones is 1. The van der Waals surface area contributed by atoms with Crippen LogP contribution in [0.5, 0.6) is 0 Å². The molecule has 0 unspecified atom stereocenters. The van der Waals surface area contributed by atoms with Crippen molar-refractivity contribution in [3.63, 3.8) is 0 Å². The molecule has 4 nitrogen and oxygen atoms in total. The van der Waals surface area contributed by atoms with Crippen LogP contribution in [0.1, 0.15) is 51.0 Å². The van der Waals surface area contributed by atoms with Gasteiger partial charge in [0, 0.05) is 16.8 Å².